The molecule has 1 aromatic rings. The maximum Gasteiger partial charge on any atom is 0.326 e. The summed E-state index contributed by atoms with van der Waals surface area (Å²) in [7, 11) is 0. The van der Waals surface area contributed by atoms with Crippen LogP contribution in [0.4, 0.5) is 0 Å². The second kappa shape index (κ2) is 6.68. The van der Waals surface area contributed by atoms with Crippen LogP contribution in [-0.4, -0.2) is 35.1 Å². The summed E-state index contributed by atoms with van der Waals surface area (Å²) >= 11 is 12.0. The fourth-order valence-electron chi connectivity index (χ4n) is 2.34. The van der Waals surface area contributed by atoms with E-state index in [1.807, 2.05) is 0 Å². The molecule has 1 aliphatic rings. The molecule has 1 unspecified atom stereocenters. The number of carbonyl (C=O) groups is 4. The fourth-order valence-corrected chi connectivity index (χ4v) is 2.82. The highest BCUT2D eigenvalue weighted by molar-refractivity contribution is 6.37. The number of nitrogens with zero attached hydrogens (tertiary/aromatic N) is 1. The lowest BCUT2D eigenvalue weighted by molar-refractivity contribution is -0.157. The Morgan fingerprint density at radius 3 is 2.39 bits per heavy atom. The van der Waals surface area contributed by atoms with Crippen molar-refractivity contribution in [3.8, 4) is 0 Å². The molecule has 0 aliphatic carbocycles. The van der Waals surface area contributed by atoms with Gasteiger partial charge in [0, 0.05) is 10.6 Å². The van der Waals surface area contributed by atoms with E-state index in [0.29, 0.717) is 5.56 Å². The van der Waals surface area contributed by atoms with E-state index in [2.05, 4.69) is 0 Å². The van der Waals surface area contributed by atoms with E-state index in [9.17, 15) is 19.2 Å². The van der Waals surface area contributed by atoms with Crippen LogP contribution in [0.3, 0.4) is 0 Å². The molecular formula is C15H13Cl2NO5. The van der Waals surface area contributed by atoms with Crippen LogP contribution in [0.1, 0.15) is 29.8 Å². The maximum absolute atomic E-state index is 12.5. The number of halogens is 2. The molecule has 2 amide bonds. The second-order valence-corrected chi connectivity index (χ2v) is 5.72. The molecule has 2 rings (SSSR count). The molecule has 0 bridgehead atoms. The zero-order chi connectivity index (χ0) is 17.3. The van der Waals surface area contributed by atoms with Gasteiger partial charge in [-0.15, -0.1) is 0 Å². The van der Waals surface area contributed by atoms with Crippen molar-refractivity contribution in [1.29, 1.82) is 0 Å². The lowest BCUT2D eigenvalue weighted by Crippen LogP contribution is -2.43. The minimum absolute atomic E-state index is 0.0156. The molecule has 23 heavy (non-hydrogen) atoms. The monoisotopic (exact) mass is 357 g/mol. The number of carbonyl (C=O) groups excluding carboxylic acids is 4. The van der Waals surface area contributed by atoms with Crippen LogP contribution >= 0.6 is 23.2 Å². The molecule has 1 aromatic carbocycles. The van der Waals surface area contributed by atoms with Gasteiger partial charge < -0.3 is 4.74 Å². The third-order valence-electron chi connectivity index (χ3n) is 3.42. The molecule has 1 heterocycles. The van der Waals surface area contributed by atoms with E-state index in [0.717, 1.165) is 11.8 Å². The molecule has 1 aliphatic heterocycles. The summed E-state index contributed by atoms with van der Waals surface area (Å²) in [6.45, 7) is 2.51. The van der Waals surface area contributed by atoms with Crippen molar-refractivity contribution in [3.05, 3.63) is 33.3 Å². The highest BCUT2D eigenvalue weighted by Crippen LogP contribution is 2.35. The predicted octanol–water partition coefficient (Wildman–Crippen LogP) is 2.24. The zero-order valence-electron chi connectivity index (χ0n) is 12.4. The number of imide groups is 1. The predicted molar refractivity (Wildman–Crippen MR) is 82.1 cm³/mol. The Morgan fingerprint density at radius 2 is 1.87 bits per heavy atom. The van der Waals surface area contributed by atoms with Gasteiger partial charge in [0.15, 0.2) is 11.7 Å². The van der Waals surface area contributed by atoms with E-state index in [4.69, 9.17) is 27.9 Å². The summed E-state index contributed by atoms with van der Waals surface area (Å²) in [6.07, 6.45) is 0. The molecular weight excluding hydrogens is 345 g/mol. The van der Waals surface area contributed by atoms with E-state index in [-0.39, 0.29) is 28.8 Å². The topological polar surface area (TPSA) is 80.8 Å². The molecule has 0 N–H and O–H groups in total. The van der Waals surface area contributed by atoms with Gasteiger partial charge in [0.25, 0.3) is 11.8 Å². The van der Waals surface area contributed by atoms with Crippen LogP contribution < -0.4 is 0 Å². The molecule has 8 heteroatoms. The van der Waals surface area contributed by atoms with Crippen LogP contribution in [0.15, 0.2) is 12.1 Å². The van der Waals surface area contributed by atoms with Gasteiger partial charge in [0.05, 0.1) is 23.7 Å². The summed E-state index contributed by atoms with van der Waals surface area (Å²) in [6, 6.07) is 2.96. The number of ketones is 1. The van der Waals surface area contributed by atoms with Gasteiger partial charge in [-0.3, -0.25) is 24.1 Å². The maximum atomic E-state index is 12.5. The van der Waals surface area contributed by atoms with Gasteiger partial charge in [-0.1, -0.05) is 23.2 Å². The Morgan fingerprint density at radius 1 is 1.26 bits per heavy atom. The third-order valence-corrected chi connectivity index (χ3v) is 4.09. The largest absolute Gasteiger partial charge is 0.465 e. The Bertz CT molecular complexity index is 716. The minimum Gasteiger partial charge on any atom is -0.465 e. The number of ether oxygens (including phenoxy) is 1. The average Bonchev–Trinajstić information content (AvgIpc) is 2.82. The zero-order valence-corrected chi connectivity index (χ0v) is 13.9. The lowest BCUT2D eigenvalue weighted by atomic mass is 10.0. The van der Waals surface area contributed by atoms with E-state index in [1.54, 1.807) is 6.92 Å². The van der Waals surface area contributed by atoms with E-state index < -0.39 is 29.5 Å². The summed E-state index contributed by atoms with van der Waals surface area (Å²) in [5.41, 5.74) is 0.502. The summed E-state index contributed by atoms with van der Waals surface area (Å²) in [5.74, 6) is -4.98. The number of hydrogen-bond donors (Lipinski definition) is 0. The van der Waals surface area contributed by atoms with Crippen molar-refractivity contribution in [2.75, 3.05) is 6.61 Å². The molecule has 122 valence electrons. The van der Waals surface area contributed by atoms with Crippen LogP contribution in [0.2, 0.25) is 10.0 Å². The molecule has 0 saturated heterocycles. The van der Waals surface area contributed by atoms with Crippen molar-refractivity contribution < 1.29 is 23.9 Å². The lowest BCUT2D eigenvalue weighted by Gasteiger charge is -2.18. The molecule has 0 saturated carbocycles. The standard InChI is InChI=1S/C15H13Cl2NO5/c1-3-23-15(22)11(7(2)19)13(20)18-6-8-9(16)4-5-10(17)12(8)14(18)21/h4-5,11H,3,6H2,1-2H3. The number of rotatable bonds is 4. The Hall–Kier alpha value is -1.92. The summed E-state index contributed by atoms with van der Waals surface area (Å²) in [4.78, 5) is 49.2. The van der Waals surface area contributed by atoms with E-state index >= 15 is 0 Å². The Labute approximate surface area is 142 Å². The minimum atomic E-state index is -1.68. The first kappa shape index (κ1) is 17.4. The highest BCUT2D eigenvalue weighted by Gasteiger charge is 2.43. The SMILES string of the molecule is CCOC(=O)C(C(C)=O)C(=O)N1Cc2c(Cl)ccc(Cl)c2C1=O. The molecule has 0 spiro atoms. The van der Waals surface area contributed by atoms with Crippen LogP contribution in [0.5, 0.6) is 0 Å². The van der Waals surface area contributed by atoms with Crippen molar-refractivity contribution in [1.82, 2.24) is 4.90 Å². The first-order valence-corrected chi connectivity index (χ1v) is 7.54. The van der Waals surface area contributed by atoms with Crippen molar-refractivity contribution >= 4 is 46.8 Å². The second-order valence-electron chi connectivity index (χ2n) is 4.91. The van der Waals surface area contributed by atoms with Crippen LogP contribution in [0, 0.1) is 5.92 Å². The molecule has 0 aromatic heterocycles. The number of amides is 2. The number of benzene rings is 1. The van der Waals surface area contributed by atoms with Crippen molar-refractivity contribution in [2.45, 2.75) is 20.4 Å². The molecule has 6 nitrogen and oxygen atoms in total. The van der Waals surface area contributed by atoms with Gasteiger partial charge in [0.2, 0.25) is 0 Å². The average molecular weight is 358 g/mol. The summed E-state index contributed by atoms with van der Waals surface area (Å²) < 4.78 is 4.74. The Kier molecular flexibility index (Phi) is 5.06. The van der Waals surface area contributed by atoms with Gasteiger partial charge in [-0.25, -0.2) is 0 Å². The quantitative estimate of drug-likeness (QED) is 0.609. The van der Waals surface area contributed by atoms with Gasteiger partial charge in [0.1, 0.15) is 0 Å². The first-order chi connectivity index (χ1) is 10.8. The van der Waals surface area contributed by atoms with Crippen molar-refractivity contribution in [3.63, 3.8) is 0 Å². The normalized spacial score (nSPS) is 14.4. The summed E-state index contributed by atoms with van der Waals surface area (Å²) in [5, 5.41) is 0.434. The number of hydrogen-bond acceptors (Lipinski definition) is 5. The van der Waals surface area contributed by atoms with Crippen LogP contribution in [-0.2, 0) is 25.7 Å². The first-order valence-electron chi connectivity index (χ1n) is 6.79. The van der Waals surface area contributed by atoms with Crippen LogP contribution in [0.25, 0.3) is 0 Å². The highest BCUT2D eigenvalue weighted by atomic mass is 35.5. The smallest absolute Gasteiger partial charge is 0.326 e. The van der Waals surface area contributed by atoms with Crippen molar-refractivity contribution in [2.24, 2.45) is 5.92 Å². The fraction of sp³-hybridized carbons (Fsp3) is 0.333. The molecule has 1 atom stereocenters. The number of fused-ring (bicyclic) bond motifs is 1. The van der Waals surface area contributed by atoms with E-state index in [1.165, 1.54) is 12.1 Å². The molecule has 0 radical (unpaired) electrons. The van der Waals surface area contributed by atoms with Gasteiger partial charge in [-0.2, -0.15) is 0 Å². The molecule has 0 fully saturated rings. The third kappa shape index (κ3) is 3.09. The number of Topliss-reactive ketones (excluding diaryl/α,β-unsaturated/α-hetero) is 1. The number of esters is 1. The van der Waals surface area contributed by atoms with Gasteiger partial charge in [-0.05, 0) is 26.0 Å². The Balaban J connectivity index is 2.36. The van der Waals surface area contributed by atoms with Gasteiger partial charge >= 0.3 is 5.97 Å².